The quantitative estimate of drug-likeness (QED) is 0.922. The zero-order valence-corrected chi connectivity index (χ0v) is 11.8. The second kappa shape index (κ2) is 6.33. The van der Waals surface area contributed by atoms with Gasteiger partial charge in [-0.15, -0.1) is 0 Å². The number of nitrogens with zero attached hydrogens (tertiary/aromatic N) is 1. The predicted octanol–water partition coefficient (Wildman–Crippen LogP) is 4.03. The molecule has 5 heteroatoms. The van der Waals surface area contributed by atoms with E-state index in [1.807, 2.05) is 7.05 Å². The van der Waals surface area contributed by atoms with Crippen molar-refractivity contribution in [2.75, 3.05) is 7.05 Å². The van der Waals surface area contributed by atoms with Crippen molar-refractivity contribution in [1.29, 1.82) is 0 Å². The Morgan fingerprint density at radius 2 is 2.05 bits per heavy atom. The maximum atomic E-state index is 13.1. The van der Waals surface area contributed by atoms with Gasteiger partial charge in [-0.05, 0) is 43.3 Å². The molecule has 1 N–H and O–H groups in total. The Balaban J connectivity index is 2.24. The fourth-order valence-electron chi connectivity index (χ4n) is 1.89. The number of hydrogen-bond acceptors (Lipinski definition) is 2. The Morgan fingerprint density at radius 3 is 2.68 bits per heavy atom. The van der Waals surface area contributed by atoms with Crippen LogP contribution in [-0.4, -0.2) is 12.0 Å². The van der Waals surface area contributed by atoms with Gasteiger partial charge in [0.2, 0.25) is 0 Å². The highest BCUT2D eigenvalue weighted by atomic mass is 35.5. The Kier molecular flexibility index (Phi) is 4.75. The van der Waals surface area contributed by atoms with Crippen LogP contribution in [0.15, 0.2) is 36.5 Å². The van der Waals surface area contributed by atoms with Gasteiger partial charge in [-0.25, -0.2) is 4.39 Å². The molecule has 1 aromatic carbocycles. The fraction of sp³-hybridized carbons (Fsp3) is 0.214. The van der Waals surface area contributed by atoms with Gasteiger partial charge in [0.05, 0.1) is 21.8 Å². The molecule has 1 atom stereocenters. The Hall–Kier alpha value is -1.16. The van der Waals surface area contributed by atoms with Crippen LogP contribution >= 0.6 is 23.2 Å². The first-order chi connectivity index (χ1) is 9.11. The average Bonchev–Trinajstić information content (AvgIpc) is 2.41. The third kappa shape index (κ3) is 3.44. The molecule has 0 aliphatic rings. The van der Waals surface area contributed by atoms with Gasteiger partial charge in [0.25, 0.3) is 0 Å². The minimum Gasteiger partial charge on any atom is -0.311 e. The molecule has 0 saturated heterocycles. The van der Waals surface area contributed by atoms with Crippen molar-refractivity contribution < 1.29 is 4.39 Å². The van der Waals surface area contributed by atoms with Crippen molar-refractivity contribution in [3.8, 4) is 0 Å². The first-order valence-electron chi connectivity index (χ1n) is 5.83. The van der Waals surface area contributed by atoms with Crippen LogP contribution in [0.5, 0.6) is 0 Å². The minimum atomic E-state index is -0.415. The second-order valence-corrected chi connectivity index (χ2v) is 4.98. The molecule has 1 heterocycles. The summed E-state index contributed by atoms with van der Waals surface area (Å²) in [5.74, 6) is -0.415. The van der Waals surface area contributed by atoms with Gasteiger partial charge < -0.3 is 5.32 Å². The van der Waals surface area contributed by atoms with Gasteiger partial charge in [-0.1, -0.05) is 29.3 Å². The van der Waals surface area contributed by atoms with Crippen LogP contribution in [-0.2, 0) is 6.42 Å². The van der Waals surface area contributed by atoms with E-state index in [1.54, 1.807) is 30.5 Å². The standard InChI is InChI=1S/C14H13Cl2FN2/c1-18-13(14-10(15)3-2-6-19-14)8-9-4-5-12(17)11(16)7-9/h2-7,13,18H,8H2,1H3. The predicted molar refractivity (Wildman–Crippen MR) is 76.2 cm³/mol. The van der Waals surface area contributed by atoms with Crippen LogP contribution in [0.2, 0.25) is 10.0 Å². The molecule has 0 spiro atoms. The number of halogens is 3. The molecule has 0 radical (unpaired) electrons. The van der Waals surface area contributed by atoms with Crippen LogP contribution < -0.4 is 5.32 Å². The molecule has 100 valence electrons. The Labute approximate surface area is 121 Å². The monoisotopic (exact) mass is 298 g/mol. The third-order valence-corrected chi connectivity index (χ3v) is 3.50. The number of aromatic nitrogens is 1. The van der Waals surface area contributed by atoms with E-state index in [9.17, 15) is 4.39 Å². The van der Waals surface area contributed by atoms with E-state index < -0.39 is 5.82 Å². The van der Waals surface area contributed by atoms with Crippen molar-refractivity contribution >= 4 is 23.2 Å². The number of rotatable bonds is 4. The largest absolute Gasteiger partial charge is 0.311 e. The summed E-state index contributed by atoms with van der Waals surface area (Å²) in [6.45, 7) is 0. The van der Waals surface area contributed by atoms with Gasteiger partial charge in [-0.3, -0.25) is 4.98 Å². The zero-order valence-electron chi connectivity index (χ0n) is 10.3. The summed E-state index contributed by atoms with van der Waals surface area (Å²) >= 11 is 11.9. The molecule has 1 aromatic heterocycles. The summed E-state index contributed by atoms with van der Waals surface area (Å²) in [6, 6.07) is 8.24. The molecule has 1 unspecified atom stereocenters. The van der Waals surface area contributed by atoms with E-state index in [0.717, 1.165) is 11.3 Å². The topological polar surface area (TPSA) is 24.9 Å². The second-order valence-electron chi connectivity index (χ2n) is 4.16. The highest BCUT2D eigenvalue weighted by Crippen LogP contribution is 2.25. The van der Waals surface area contributed by atoms with Crippen molar-refractivity contribution in [1.82, 2.24) is 10.3 Å². The molecule has 0 bridgehead atoms. The van der Waals surface area contributed by atoms with Crippen LogP contribution in [0.1, 0.15) is 17.3 Å². The summed E-state index contributed by atoms with van der Waals surface area (Å²) in [5.41, 5.74) is 1.69. The van der Waals surface area contributed by atoms with E-state index in [0.29, 0.717) is 11.4 Å². The van der Waals surface area contributed by atoms with Crippen LogP contribution in [0.3, 0.4) is 0 Å². The molecule has 0 fully saturated rings. The van der Waals surface area contributed by atoms with Crippen LogP contribution in [0.4, 0.5) is 4.39 Å². The van der Waals surface area contributed by atoms with E-state index >= 15 is 0 Å². The lowest BCUT2D eigenvalue weighted by Crippen LogP contribution is -2.20. The summed E-state index contributed by atoms with van der Waals surface area (Å²) in [5, 5.41) is 3.89. The summed E-state index contributed by atoms with van der Waals surface area (Å²) < 4.78 is 13.1. The maximum Gasteiger partial charge on any atom is 0.141 e. The Bertz CT molecular complexity index is 575. The first kappa shape index (κ1) is 14.3. The third-order valence-electron chi connectivity index (χ3n) is 2.89. The molecular weight excluding hydrogens is 286 g/mol. The molecule has 0 saturated carbocycles. The van der Waals surface area contributed by atoms with E-state index in [1.165, 1.54) is 6.07 Å². The van der Waals surface area contributed by atoms with E-state index in [4.69, 9.17) is 23.2 Å². The summed E-state index contributed by atoms with van der Waals surface area (Å²) in [4.78, 5) is 4.28. The molecule has 19 heavy (non-hydrogen) atoms. The van der Waals surface area contributed by atoms with Crippen LogP contribution in [0.25, 0.3) is 0 Å². The average molecular weight is 299 g/mol. The molecule has 0 aliphatic carbocycles. The number of pyridine rings is 1. The zero-order chi connectivity index (χ0) is 13.8. The van der Waals surface area contributed by atoms with Crippen molar-refractivity contribution in [2.24, 2.45) is 0 Å². The molecule has 2 rings (SSSR count). The summed E-state index contributed by atoms with van der Waals surface area (Å²) in [7, 11) is 1.83. The van der Waals surface area contributed by atoms with Gasteiger partial charge in [0.15, 0.2) is 0 Å². The SMILES string of the molecule is CNC(Cc1ccc(F)c(Cl)c1)c1ncccc1Cl. The van der Waals surface area contributed by atoms with Gasteiger partial charge >= 0.3 is 0 Å². The van der Waals surface area contributed by atoms with Gasteiger partial charge in [0, 0.05) is 6.20 Å². The Morgan fingerprint density at radius 1 is 1.26 bits per heavy atom. The number of hydrogen-bond donors (Lipinski definition) is 1. The number of benzene rings is 1. The highest BCUT2D eigenvalue weighted by molar-refractivity contribution is 6.31. The molecule has 0 amide bonds. The van der Waals surface area contributed by atoms with Gasteiger partial charge in [-0.2, -0.15) is 0 Å². The number of nitrogens with one attached hydrogen (secondary N) is 1. The van der Waals surface area contributed by atoms with E-state index in [-0.39, 0.29) is 11.1 Å². The maximum absolute atomic E-state index is 13.1. The minimum absolute atomic E-state index is 0.0461. The lowest BCUT2D eigenvalue weighted by atomic mass is 10.0. The van der Waals surface area contributed by atoms with E-state index in [2.05, 4.69) is 10.3 Å². The lowest BCUT2D eigenvalue weighted by molar-refractivity contribution is 0.574. The van der Waals surface area contributed by atoms with Crippen LogP contribution in [0, 0.1) is 5.82 Å². The molecule has 2 nitrogen and oxygen atoms in total. The number of likely N-dealkylation sites (N-methyl/N-ethyl adjacent to an activating group) is 1. The highest BCUT2D eigenvalue weighted by Gasteiger charge is 2.15. The summed E-state index contributed by atoms with van der Waals surface area (Å²) in [6.07, 6.45) is 2.33. The smallest absolute Gasteiger partial charge is 0.141 e. The molecule has 2 aromatic rings. The molecular formula is C14H13Cl2FN2. The van der Waals surface area contributed by atoms with Crippen molar-refractivity contribution in [3.63, 3.8) is 0 Å². The fourth-order valence-corrected chi connectivity index (χ4v) is 2.35. The van der Waals surface area contributed by atoms with Crippen molar-refractivity contribution in [2.45, 2.75) is 12.5 Å². The first-order valence-corrected chi connectivity index (χ1v) is 6.59. The normalized spacial score (nSPS) is 12.4. The lowest BCUT2D eigenvalue weighted by Gasteiger charge is -2.17. The van der Waals surface area contributed by atoms with Gasteiger partial charge in [0.1, 0.15) is 5.82 Å². The van der Waals surface area contributed by atoms with Crippen molar-refractivity contribution in [3.05, 3.63) is 63.6 Å². The molecule has 0 aliphatic heterocycles.